The molecule has 0 atom stereocenters. The van der Waals surface area contributed by atoms with Crippen molar-refractivity contribution in [3.05, 3.63) is 167 Å². The standard InChI is InChI=1S/C56H56N3O.Pt/c1-35-28-36(2)52(60)46(29-35)53-58-51-45(18-15-19-50(51)59(53)49-25-22-39(33-47(49)56(9,10)11)37-16-13-12-14-17-37)41-30-42(32-44(31-41)55(6,7)8)48-34-40(26-27-57-48)38-20-23-43(24-21-38)54(3,4)5;/h12-29,31-34,60H,1-11H3;/q-1;/i3D,4D3,5D3;. The van der Waals surface area contributed by atoms with Crippen molar-refractivity contribution in [3.63, 3.8) is 0 Å². The Labute approximate surface area is 386 Å². The Hall–Kier alpha value is -5.57. The molecular formula is C56H56N3OPt-. The van der Waals surface area contributed by atoms with Gasteiger partial charge < -0.3 is 5.11 Å². The molecular weight excluding hydrogens is 926 g/mol. The number of aryl methyl sites for hydroxylation is 2. The van der Waals surface area contributed by atoms with Crippen LogP contribution in [0.5, 0.6) is 5.75 Å². The fourth-order valence-corrected chi connectivity index (χ4v) is 8.00. The minimum Gasteiger partial charge on any atom is -0.507 e. The monoisotopic (exact) mass is 988 g/mol. The van der Waals surface area contributed by atoms with Crippen LogP contribution in [0.2, 0.25) is 0 Å². The summed E-state index contributed by atoms with van der Waals surface area (Å²) >= 11 is 0. The summed E-state index contributed by atoms with van der Waals surface area (Å²) in [5.74, 6) is 0.798. The summed E-state index contributed by atoms with van der Waals surface area (Å²) < 4.78 is 59.3. The molecule has 0 aliphatic carbocycles. The molecule has 8 rings (SSSR count). The molecule has 6 aromatic carbocycles. The molecule has 2 aromatic heterocycles. The third kappa shape index (κ3) is 8.66. The van der Waals surface area contributed by atoms with Gasteiger partial charge in [-0.2, -0.15) is 0 Å². The summed E-state index contributed by atoms with van der Waals surface area (Å²) in [5, 5.41) is 11.8. The molecule has 312 valence electrons. The van der Waals surface area contributed by atoms with Gasteiger partial charge in [-0.25, -0.2) is 4.98 Å². The van der Waals surface area contributed by atoms with E-state index in [0.717, 1.165) is 77.9 Å². The third-order valence-corrected chi connectivity index (χ3v) is 11.3. The molecule has 4 nitrogen and oxygen atoms in total. The van der Waals surface area contributed by atoms with Gasteiger partial charge in [-0.1, -0.05) is 158 Å². The molecule has 0 fully saturated rings. The third-order valence-electron chi connectivity index (χ3n) is 11.3. The molecule has 61 heavy (non-hydrogen) atoms. The van der Waals surface area contributed by atoms with Gasteiger partial charge in [0.1, 0.15) is 11.6 Å². The van der Waals surface area contributed by atoms with Gasteiger partial charge in [0, 0.05) is 42.6 Å². The largest absolute Gasteiger partial charge is 0.507 e. The van der Waals surface area contributed by atoms with E-state index in [4.69, 9.17) is 19.6 Å². The number of fused-ring (bicyclic) bond motifs is 1. The number of para-hydroxylation sites is 1. The van der Waals surface area contributed by atoms with Crippen LogP contribution in [0.25, 0.3) is 72.7 Å². The van der Waals surface area contributed by atoms with Crippen LogP contribution in [0.1, 0.15) is 99.6 Å². The molecule has 0 bridgehead atoms. The molecule has 8 aromatic rings. The number of nitrogens with zero attached hydrogens (tertiary/aromatic N) is 3. The maximum Gasteiger partial charge on any atom is 0.148 e. The van der Waals surface area contributed by atoms with E-state index in [9.17, 15) is 5.11 Å². The zero-order valence-corrected chi connectivity index (χ0v) is 38.3. The van der Waals surface area contributed by atoms with Crippen molar-refractivity contribution in [2.24, 2.45) is 0 Å². The molecule has 0 saturated heterocycles. The van der Waals surface area contributed by atoms with Gasteiger partial charge in [0.05, 0.1) is 22.3 Å². The SMILES string of the molecule is [2H]CC(c1ccc(-c2ccnc(-c3[c-]c(-c4cccc5c4nc(-c4cc(C)cc(C)c4O)n5-c4ccc(-c5ccccc5)cc4C(C)(C)C)cc(C(C)(C)C)c3)c2)cc1)(C([2H])([2H])[2H])C([2H])([2H])[2H].[Pt]. The summed E-state index contributed by atoms with van der Waals surface area (Å²) in [6.45, 7) is 10.4. The van der Waals surface area contributed by atoms with Crippen LogP contribution in [-0.4, -0.2) is 19.6 Å². The number of hydrogen-bond donors (Lipinski definition) is 1. The Balaban J connectivity index is 0.00000684. The fourth-order valence-electron chi connectivity index (χ4n) is 8.00. The second-order valence-electron chi connectivity index (χ2n) is 18.1. The number of pyridine rings is 1. The molecule has 0 unspecified atom stereocenters. The van der Waals surface area contributed by atoms with Crippen LogP contribution in [0, 0.1) is 19.9 Å². The van der Waals surface area contributed by atoms with E-state index >= 15 is 0 Å². The molecule has 2 heterocycles. The van der Waals surface area contributed by atoms with E-state index in [1.165, 1.54) is 12.1 Å². The van der Waals surface area contributed by atoms with E-state index in [2.05, 4.69) is 119 Å². The Morgan fingerprint density at radius 1 is 0.623 bits per heavy atom. The molecule has 0 saturated carbocycles. The first-order chi connectivity index (χ1) is 31.4. The van der Waals surface area contributed by atoms with E-state index in [1.807, 2.05) is 50.2 Å². The molecule has 0 spiro atoms. The number of rotatable bonds is 6. The predicted molar refractivity (Wildman–Crippen MR) is 252 cm³/mol. The van der Waals surface area contributed by atoms with Crippen LogP contribution in [0.15, 0.2) is 134 Å². The fraction of sp³-hybridized carbons (Fsp3) is 0.250. The van der Waals surface area contributed by atoms with Crippen LogP contribution >= 0.6 is 0 Å². The van der Waals surface area contributed by atoms with Crippen LogP contribution in [0.3, 0.4) is 0 Å². The van der Waals surface area contributed by atoms with Gasteiger partial charge in [0.15, 0.2) is 0 Å². The molecule has 0 aliphatic rings. The Kier molecular flexibility index (Phi) is 9.41. The predicted octanol–water partition coefficient (Wildman–Crippen LogP) is 14.8. The zero-order valence-electron chi connectivity index (χ0n) is 43.0. The molecule has 5 heteroatoms. The number of imidazole rings is 1. The Bertz CT molecular complexity index is 3130. The average molecular weight is 989 g/mol. The van der Waals surface area contributed by atoms with Gasteiger partial charge in [-0.15, -0.1) is 29.3 Å². The number of aromatic nitrogens is 3. The van der Waals surface area contributed by atoms with Crippen molar-refractivity contribution < 1.29 is 35.8 Å². The second kappa shape index (κ2) is 16.4. The van der Waals surface area contributed by atoms with Crippen molar-refractivity contribution in [2.45, 2.75) is 92.2 Å². The maximum absolute atomic E-state index is 11.8. The van der Waals surface area contributed by atoms with Crippen molar-refractivity contribution in [3.8, 4) is 67.5 Å². The van der Waals surface area contributed by atoms with Crippen molar-refractivity contribution in [2.75, 3.05) is 0 Å². The molecule has 0 radical (unpaired) electrons. The van der Waals surface area contributed by atoms with Gasteiger partial charge >= 0.3 is 0 Å². The smallest absolute Gasteiger partial charge is 0.148 e. The number of phenols is 1. The van der Waals surface area contributed by atoms with Gasteiger partial charge in [0.25, 0.3) is 0 Å². The van der Waals surface area contributed by atoms with Crippen molar-refractivity contribution >= 4 is 11.0 Å². The Morgan fingerprint density at radius 2 is 1.31 bits per heavy atom. The van der Waals surface area contributed by atoms with Crippen molar-refractivity contribution in [1.82, 2.24) is 14.5 Å². The van der Waals surface area contributed by atoms with E-state index in [1.54, 1.807) is 18.3 Å². The summed E-state index contributed by atoms with van der Waals surface area (Å²) in [4.78, 5) is 10.3. The van der Waals surface area contributed by atoms with Crippen LogP contribution < -0.4 is 0 Å². The average Bonchev–Trinajstić information content (AvgIpc) is 3.66. The van der Waals surface area contributed by atoms with E-state index in [0.29, 0.717) is 17.1 Å². The summed E-state index contributed by atoms with van der Waals surface area (Å²) in [6.07, 6.45) is 1.72. The van der Waals surface area contributed by atoms with E-state index in [-0.39, 0.29) is 43.2 Å². The Morgan fingerprint density at radius 3 is 2.00 bits per heavy atom. The summed E-state index contributed by atoms with van der Waals surface area (Å²) in [7, 11) is 0. The van der Waals surface area contributed by atoms with Gasteiger partial charge in [-0.3, -0.25) is 9.55 Å². The first kappa shape index (κ1) is 35.1. The summed E-state index contributed by atoms with van der Waals surface area (Å²) in [5.41, 5.74) is 11.2. The summed E-state index contributed by atoms with van der Waals surface area (Å²) in [6, 6.07) is 45.4. The quantitative estimate of drug-likeness (QED) is 0.169. The number of aromatic hydroxyl groups is 1. The normalized spacial score (nSPS) is 14.2. The topological polar surface area (TPSA) is 50.9 Å². The van der Waals surface area contributed by atoms with Gasteiger partial charge in [0.2, 0.25) is 0 Å². The molecule has 1 N–H and O–H groups in total. The number of hydrogen-bond acceptors (Lipinski definition) is 3. The minimum absolute atomic E-state index is 0. The first-order valence-electron chi connectivity index (χ1n) is 24.1. The minimum atomic E-state index is -2.92. The molecule has 0 amide bonds. The number of phenolic OH excluding ortho intramolecular Hbond substituents is 1. The van der Waals surface area contributed by atoms with Crippen LogP contribution in [0.4, 0.5) is 0 Å². The van der Waals surface area contributed by atoms with Crippen molar-refractivity contribution in [1.29, 1.82) is 0 Å². The number of benzene rings is 6. The maximum atomic E-state index is 11.8. The first-order valence-corrected chi connectivity index (χ1v) is 20.4. The van der Waals surface area contributed by atoms with E-state index < -0.39 is 26.0 Å². The molecule has 0 aliphatic heterocycles. The van der Waals surface area contributed by atoms with Crippen LogP contribution in [-0.2, 0) is 37.3 Å². The zero-order chi connectivity index (χ0) is 48.4. The second-order valence-corrected chi connectivity index (χ2v) is 18.1. The van der Waals surface area contributed by atoms with Gasteiger partial charge in [-0.05, 0) is 105 Å².